The van der Waals surface area contributed by atoms with Gasteiger partial charge >= 0.3 is 0 Å². The van der Waals surface area contributed by atoms with Gasteiger partial charge in [0.15, 0.2) is 0 Å². The Balaban J connectivity index is 0.000000173. The fourth-order valence-corrected chi connectivity index (χ4v) is 3.63. The van der Waals surface area contributed by atoms with Crippen molar-refractivity contribution >= 4 is 21.5 Å². The summed E-state index contributed by atoms with van der Waals surface area (Å²) in [5.74, 6) is 0. The smallest absolute Gasteiger partial charge is 0.0181 e. The molecule has 0 heteroatoms. The van der Waals surface area contributed by atoms with Gasteiger partial charge in [0.25, 0.3) is 0 Å². The fourth-order valence-electron chi connectivity index (χ4n) is 3.63. The van der Waals surface area contributed by atoms with E-state index in [2.05, 4.69) is 137 Å². The third kappa shape index (κ3) is 7.91. The van der Waals surface area contributed by atoms with Crippen LogP contribution in [0.25, 0.3) is 21.5 Å². The Hall–Kier alpha value is -3.38. The van der Waals surface area contributed by atoms with Crippen molar-refractivity contribution in [2.75, 3.05) is 0 Å². The average molecular weight is 435 g/mol. The molecule has 0 amide bonds. The normalized spacial score (nSPS) is 9.82. The Morgan fingerprint density at radius 3 is 1.09 bits per heavy atom. The average Bonchev–Trinajstić information content (AvgIpc) is 2.84. The number of hydrogen-bond donors (Lipinski definition) is 0. The van der Waals surface area contributed by atoms with Crippen molar-refractivity contribution in [3.63, 3.8) is 0 Å². The molecule has 0 aliphatic carbocycles. The molecule has 0 aliphatic heterocycles. The van der Waals surface area contributed by atoms with Gasteiger partial charge in [-0.05, 0) is 59.4 Å². The Morgan fingerprint density at radius 1 is 0.424 bits per heavy atom. The lowest BCUT2D eigenvalue weighted by Gasteiger charge is -1.97. The van der Waals surface area contributed by atoms with Crippen LogP contribution in [0.15, 0.2) is 109 Å². The monoisotopic (exact) mass is 434 g/mol. The molecule has 33 heavy (non-hydrogen) atoms. The zero-order valence-electron chi connectivity index (χ0n) is 19.8. The van der Waals surface area contributed by atoms with Crippen LogP contribution in [0.5, 0.6) is 0 Å². The van der Waals surface area contributed by atoms with E-state index in [0.29, 0.717) is 0 Å². The van der Waals surface area contributed by atoms with Crippen molar-refractivity contribution in [3.05, 3.63) is 131 Å². The maximum atomic E-state index is 2.21. The van der Waals surface area contributed by atoms with Crippen LogP contribution in [0, 0.1) is 13.8 Å². The minimum atomic E-state index is 0. The van der Waals surface area contributed by atoms with Crippen molar-refractivity contribution in [3.8, 4) is 0 Å². The minimum Gasteiger partial charge on any atom is -0.0776 e. The van der Waals surface area contributed by atoms with Crippen LogP contribution in [0.4, 0.5) is 0 Å². The molecule has 5 aromatic carbocycles. The van der Waals surface area contributed by atoms with Crippen LogP contribution >= 0.6 is 0 Å². The molecule has 0 bridgehead atoms. The standard InChI is InChI=1S/2C11H10.C10H14.CH4/c2*1-9-6-7-10-4-2-3-5-11(10)8-9;1-3-9-5-7-10(4-2)8-6-9;/h2*2-8H,1H3;5-8H,3-4H2,1-2H3;1H4. The van der Waals surface area contributed by atoms with E-state index in [0.717, 1.165) is 12.8 Å². The highest BCUT2D eigenvalue weighted by Gasteiger charge is 1.91. The van der Waals surface area contributed by atoms with Crippen LogP contribution in [-0.4, -0.2) is 0 Å². The van der Waals surface area contributed by atoms with Gasteiger partial charge in [-0.1, -0.05) is 142 Å². The predicted octanol–water partition coefficient (Wildman–Crippen LogP) is 9.74. The lowest BCUT2D eigenvalue weighted by molar-refractivity contribution is 1.10. The molecule has 5 rings (SSSR count). The zero-order chi connectivity index (χ0) is 22.8. The Kier molecular flexibility index (Phi) is 10.4. The maximum Gasteiger partial charge on any atom is -0.0181 e. The van der Waals surface area contributed by atoms with E-state index in [9.17, 15) is 0 Å². The summed E-state index contributed by atoms with van der Waals surface area (Å²) >= 11 is 0. The first-order valence-corrected chi connectivity index (χ1v) is 11.6. The summed E-state index contributed by atoms with van der Waals surface area (Å²) in [6, 6.07) is 38.7. The summed E-state index contributed by atoms with van der Waals surface area (Å²) in [4.78, 5) is 0. The third-order valence-electron chi connectivity index (χ3n) is 5.65. The number of aryl methyl sites for hydroxylation is 4. The summed E-state index contributed by atoms with van der Waals surface area (Å²) in [6.45, 7) is 8.60. The summed E-state index contributed by atoms with van der Waals surface area (Å²) in [7, 11) is 0. The van der Waals surface area contributed by atoms with E-state index in [1.165, 1.54) is 43.8 Å². The molecule has 170 valence electrons. The highest BCUT2D eigenvalue weighted by Crippen LogP contribution is 2.15. The molecule has 0 saturated heterocycles. The fraction of sp³-hybridized carbons (Fsp3) is 0.212. The van der Waals surface area contributed by atoms with Crippen molar-refractivity contribution < 1.29 is 0 Å². The largest absolute Gasteiger partial charge is 0.0776 e. The number of rotatable bonds is 2. The van der Waals surface area contributed by atoms with Gasteiger partial charge in [0.1, 0.15) is 0 Å². The van der Waals surface area contributed by atoms with E-state index >= 15 is 0 Å². The van der Waals surface area contributed by atoms with Crippen LogP contribution in [-0.2, 0) is 12.8 Å². The lowest BCUT2D eigenvalue weighted by Crippen LogP contribution is -1.81. The van der Waals surface area contributed by atoms with Gasteiger partial charge in [-0.2, -0.15) is 0 Å². The van der Waals surface area contributed by atoms with Crippen molar-refractivity contribution in [1.82, 2.24) is 0 Å². The second kappa shape index (κ2) is 13.2. The Morgan fingerprint density at radius 2 is 0.758 bits per heavy atom. The van der Waals surface area contributed by atoms with Gasteiger partial charge in [0, 0.05) is 0 Å². The summed E-state index contributed by atoms with van der Waals surface area (Å²) in [5.41, 5.74) is 5.50. The van der Waals surface area contributed by atoms with Crippen molar-refractivity contribution in [1.29, 1.82) is 0 Å². The van der Waals surface area contributed by atoms with E-state index in [-0.39, 0.29) is 7.43 Å². The first kappa shape index (κ1) is 25.9. The molecule has 0 aromatic heterocycles. The van der Waals surface area contributed by atoms with Gasteiger partial charge in [0.05, 0.1) is 0 Å². The predicted molar refractivity (Wildman–Crippen MR) is 149 cm³/mol. The quantitative estimate of drug-likeness (QED) is 0.259. The molecule has 0 unspecified atom stereocenters. The lowest BCUT2D eigenvalue weighted by atomic mass is 10.1. The topological polar surface area (TPSA) is 0 Å². The van der Waals surface area contributed by atoms with Crippen molar-refractivity contribution in [2.45, 2.75) is 48.0 Å². The van der Waals surface area contributed by atoms with Crippen molar-refractivity contribution in [2.24, 2.45) is 0 Å². The summed E-state index contributed by atoms with van der Waals surface area (Å²) < 4.78 is 0. The highest BCUT2D eigenvalue weighted by molar-refractivity contribution is 5.83. The molecule has 0 aliphatic rings. The van der Waals surface area contributed by atoms with E-state index in [1.54, 1.807) is 0 Å². The zero-order valence-corrected chi connectivity index (χ0v) is 19.8. The number of benzene rings is 5. The molecule has 0 radical (unpaired) electrons. The molecule has 5 aromatic rings. The summed E-state index contributed by atoms with van der Waals surface area (Å²) in [6.07, 6.45) is 2.29. The molecule has 0 heterocycles. The Bertz CT molecular complexity index is 1150. The minimum absolute atomic E-state index is 0. The number of fused-ring (bicyclic) bond motifs is 2. The first-order chi connectivity index (χ1) is 15.6. The van der Waals surface area contributed by atoms with Gasteiger partial charge < -0.3 is 0 Å². The SMILES string of the molecule is C.CCc1ccc(CC)cc1.Cc1ccc2ccccc2c1.Cc1ccc2ccccc2c1. The number of hydrogen-bond acceptors (Lipinski definition) is 0. The van der Waals surface area contributed by atoms with Crippen LogP contribution in [0.1, 0.15) is 43.5 Å². The van der Waals surface area contributed by atoms with E-state index in [4.69, 9.17) is 0 Å². The summed E-state index contributed by atoms with van der Waals surface area (Å²) in [5, 5.41) is 5.29. The first-order valence-electron chi connectivity index (χ1n) is 11.6. The van der Waals surface area contributed by atoms with Gasteiger partial charge in [-0.15, -0.1) is 0 Å². The molecule has 0 nitrogen and oxygen atoms in total. The van der Waals surface area contributed by atoms with Gasteiger partial charge in [-0.3, -0.25) is 0 Å². The molecular weight excluding hydrogens is 396 g/mol. The third-order valence-corrected chi connectivity index (χ3v) is 5.65. The van der Waals surface area contributed by atoms with E-state index < -0.39 is 0 Å². The molecule has 0 fully saturated rings. The van der Waals surface area contributed by atoms with Crippen LogP contribution in [0.3, 0.4) is 0 Å². The highest BCUT2D eigenvalue weighted by atomic mass is 14.0. The molecular formula is C33H38. The molecule has 0 atom stereocenters. The van der Waals surface area contributed by atoms with Crippen LogP contribution in [0.2, 0.25) is 0 Å². The van der Waals surface area contributed by atoms with Gasteiger partial charge in [-0.25, -0.2) is 0 Å². The second-order valence-electron chi connectivity index (χ2n) is 8.22. The van der Waals surface area contributed by atoms with E-state index in [1.807, 2.05) is 0 Å². The molecule has 0 saturated carbocycles. The Labute approximate surface area is 200 Å². The second-order valence-corrected chi connectivity index (χ2v) is 8.22. The van der Waals surface area contributed by atoms with Crippen LogP contribution < -0.4 is 0 Å². The molecule has 0 N–H and O–H groups in total. The van der Waals surface area contributed by atoms with Gasteiger partial charge in [0.2, 0.25) is 0 Å². The maximum absolute atomic E-state index is 2.21. The molecule has 0 spiro atoms.